The molecule has 0 spiro atoms. The van der Waals surface area contributed by atoms with Crippen molar-refractivity contribution in [2.45, 2.75) is 39.2 Å². The molecule has 0 aromatic heterocycles. The maximum absolute atomic E-state index is 12.1. The second-order valence-corrected chi connectivity index (χ2v) is 4.76. The highest BCUT2D eigenvalue weighted by Gasteiger charge is 2.36. The molecule has 1 aliphatic rings. The molecule has 0 aromatic carbocycles. The molecule has 6 nitrogen and oxygen atoms in total. The van der Waals surface area contributed by atoms with E-state index in [9.17, 15) is 14.4 Å². The lowest BCUT2D eigenvalue weighted by Gasteiger charge is -2.25. The Morgan fingerprint density at radius 1 is 1.25 bits per heavy atom. The number of hydrogen-bond acceptors (Lipinski definition) is 5. The number of allylic oxidation sites excluding steroid dienone is 2. The molecular formula is C14H20O6. The van der Waals surface area contributed by atoms with E-state index in [0.29, 0.717) is 19.3 Å². The standard InChI is InChI=1S/C14H20O6/c1-3-10(8-19-9(2)15)20-14(18)12-7-5-4-6-11(12)13(16)17/h4-5,10-12H,3,6-8H2,1-2H3,(H,16,17). The van der Waals surface area contributed by atoms with Gasteiger partial charge in [-0.15, -0.1) is 0 Å². The largest absolute Gasteiger partial charge is 0.481 e. The van der Waals surface area contributed by atoms with E-state index in [1.807, 2.05) is 0 Å². The molecule has 0 fully saturated rings. The maximum atomic E-state index is 12.1. The molecule has 0 aromatic rings. The Hall–Kier alpha value is -1.85. The zero-order valence-electron chi connectivity index (χ0n) is 11.7. The minimum atomic E-state index is -0.996. The Bertz CT molecular complexity index is 400. The summed E-state index contributed by atoms with van der Waals surface area (Å²) in [5, 5.41) is 9.11. The van der Waals surface area contributed by atoms with E-state index < -0.39 is 35.8 Å². The lowest BCUT2D eigenvalue weighted by atomic mass is 9.83. The van der Waals surface area contributed by atoms with Crippen LogP contribution < -0.4 is 0 Å². The van der Waals surface area contributed by atoms with Gasteiger partial charge in [-0.2, -0.15) is 0 Å². The van der Waals surface area contributed by atoms with Crippen molar-refractivity contribution in [1.29, 1.82) is 0 Å². The first kappa shape index (κ1) is 16.2. The Morgan fingerprint density at radius 3 is 2.35 bits per heavy atom. The third-order valence-corrected chi connectivity index (χ3v) is 3.26. The molecule has 0 saturated carbocycles. The summed E-state index contributed by atoms with van der Waals surface area (Å²) in [5.41, 5.74) is 0. The van der Waals surface area contributed by atoms with Gasteiger partial charge in [-0.1, -0.05) is 19.1 Å². The number of hydrogen-bond donors (Lipinski definition) is 1. The lowest BCUT2D eigenvalue weighted by molar-refractivity contribution is -0.166. The van der Waals surface area contributed by atoms with Gasteiger partial charge in [0.1, 0.15) is 12.7 Å². The molecule has 0 radical (unpaired) electrons. The van der Waals surface area contributed by atoms with Gasteiger partial charge >= 0.3 is 17.9 Å². The van der Waals surface area contributed by atoms with E-state index in [1.165, 1.54) is 6.92 Å². The van der Waals surface area contributed by atoms with Crippen molar-refractivity contribution in [3.05, 3.63) is 12.2 Å². The highest BCUT2D eigenvalue weighted by molar-refractivity contribution is 5.81. The van der Waals surface area contributed by atoms with Crippen molar-refractivity contribution in [2.75, 3.05) is 6.61 Å². The molecule has 3 atom stereocenters. The van der Waals surface area contributed by atoms with Gasteiger partial charge in [0.2, 0.25) is 0 Å². The van der Waals surface area contributed by atoms with Crippen LogP contribution in [0.1, 0.15) is 33.1 Å². The molecule has 0 bridgehead atoms. The van der Waals surface area contributed by atoms with Gasteiger partial charge in [0.25, 0.3) is 0 Å². The van der Waals surface area contributed by atoms with Gasteiger partial charge < -0.3 is 14.6 Å². The van der Waals surface area contributed by atoms with Crippen LogP contribution in [0.4, 0.5) is 0 Å². The van der Waals surface area contributed by atoms with Crippen LogP contribution >= 0.6 is 0 Å². The van der Waals surface area contributed by atoms with Crippen molar-refractivity contribution < 1.29 is 29.0 Å². The lowest BCUT2D eigenvalue weighted by Crippen LogP contribution is -2.35. The second-order valence-electron chi connectivity index (χ2n) is 4.76. The molecule has 20 heavy (non-hydrogen) atoms. The number of carbonyl (C=O) groups excluding carboxylic acids is 2. The molecule has 1 aliphatic carbocycles. The van der Waals surface area contributed by atoms with Crippen LogP contribution in [0.5, 0.6) is 0 Å². The van der Waals surface area contributed by atoms with Gasteiger partial charge in [0.05, 0.1) is 11.8 Å². The van der Waals surface area contributed by atoms with Crippen molar-refractivity contribution in [3.63, 3.8) is 0 Å². The molecule has 0 amide bonds. The number of carboxylic acids is 1. The Morgan fingerprint density at radius 2 is 1.85 bits per heavy atom. The number of carbonyl (C=O) groups is 3. The summed E-state index contributed by atoms with van der Waals surface area (Å²) in [6.45, 7) is 3.08. The zero-order chi connectivity index (χ0) is 15.1. The Balaban J connectivity index is 2.60. The van der Waals surface area contributed by atoms with E-state index in [-0.39, 0.29) is 6.61 Å². The topological polar surface area (TPSA) is 89.9 Å². The van der Waals surface area contributed by atoms with Crippen LogP contribution in [-0.4, -0.2) is 35.7 Å². The van der Waals surface area contributed by atoms with Crippen LogP contribution in [-0.2, 0) is 23.9 Å². The third kappa shape index (κ3) is 4.68. The molecule has 112 valence electrons. The van der Waals surface area contributed by atoms with Crippen molar-refractivity contribution in [3.8, 4) is 0 Å². The molecule has 1 N–H and O–H groups in total. The van der Waals surface area contributed by atoms with Crippen LogP contribution in [0.15, 0.2) is 12.2 Å². The van der Waals surface area contributed by atoms with Gasteiger partial charge in [0, 0.05) is 6.92 Å². The van der Waals surface area contributed by atoms with Crippen LogP contribution in [0, 0.1) is 11.8 Å². The zero-order valence-corrected chi connectivity index (χ0v) is 11.7. The fraction of sp³-hybridized carbons (Fsp3) is 0.643. The smallest absolute Gasteiger partial charge is 0.310 e. The quantitative estimate of drug-likeness (QED) is 0.587. The predicted molar refractivity (Wildman–Crippen MR) is 69.8 cm³/mol. The molecule has 6 heteroatoms. The first-order valence-electron chi connectivity index (χ1n) is 6.67. The van der Waals surface area contributed by atoms with Crippen LogP contribution in [0.3, 0.4) is 0 Å². The number of esters is 2. The number of ether oxygens (including phenoxy) is 2. The fourth-order valence-electron chi connectivity index (χ4n) is 2.04. The van der Waals surface area contributed by atoms with E-state index in [1.54, 1.807) is 19.1 Å². The number of aliphatic carboxylic acids is 1. The highest BCUT2D eigenvalue weighted by atomic mass is 16.6. The van der Waals surface area contributed by atoms with Gasteiger partial charge in [-0.25, -0.2) is 0 Å². The van der Waals surface area contributed by atoms with E-state index >= 15 is 0 Å². The molecule has 0 saturated heterocycles. The fourth-order valence-corrected chi connectivity index (χ4v) is 2.04. The summed E-state index contributed by atoms with van der Waals surface area (Å²) >= 11 is 0. The number of rotatable bonds is 6. The van der Waals surface area contributed by atoms with Crippen molar-refractivity contribution >= 4 is 17.9 Å². The first-order valence-corrected chi connectivity index (χ1v) is 6.67. The molecular weight excluding hydrogens is 264 g/mol. The summed E-state index contributed by atoms with van der Waals surface area (Å²) in [6.07, 6.45) is 4.21. The summed E-state index contributed by atoms with van der Waals surface area (Å²) in [6, 6.07) is 0. The summed E-state index contributed by atoms with van der Waals surface area (Å²) in [4.78, 5) is 33.9. The van der Waals surface area contributed by atoms with Gasteiger partial charge in [-0.05, 0) is 19.3 Å². The van der Waals surface area contributed by atoms with E-state index in [0.717, 1.165) is 0 Å². The average molecular weight is 284 g/mol. The summed E-state index contributed by atoms with van der Waals surface area (Å²) in [7, 11) is 0. The minimum absolute atomic E-state index is 0.00211. The van der Waals surface area contributed by atoms with Crippen LogP contribution in [0.25, 0.3) is 0 Å². The van der Waals surface area contributed by atoms with Crippen molar-refractivity contribution in [2.24, 2.45) is 11.8 Å². The first-order chi connectivity index (χ1) is 9.45. The van der Waals surface area contributed by atoms with Crippen molar-refractivity contribution in [1.82, 2.24) is 0 Å². The van der Waals surface area contributed by atoms with Crippen LogP contribution in [0.2, 0.25) is 0 Å². The second kappa shape index (κ2) is 7.67. The number of carboxylic acid groups (broad SMARTS) is 1. The Labute approximate surface area is 117 Å². The third-order valence-electron chi connectivity index (χ3n) is 3.26. The summed E-state index contributed by atoms with van der Waals surface area (Å²) < 4.78 is 10.1. The van der Waals surface area contributed by atoms with E-state index in [2.05, 4.69) is 0 Å². The SMILES string of the molecule is CCC(COC(C)=O)OC(=O)C1CC=CCC1C(=O)O. The minimum Gasteiger partial charge on any atom is -0.481 e. The normalized spacial score (nSPS) is 22.9. The highest BCUT2D eigenvalue weighted by Crippen LogP contribution is 2.27. The van der Waals surface area contributed by atoms with Gasteiger partial charge in [0.15, 0.2) is 0 Å². The molecule has 0 heterocycles. The monoisotopic (exact) mass is 284 g/mol. The van der Waals surface area contributed by atoms with Gasteiger partial charge in [-0.3, -0.25) is 14.4 Å². The predicted octanol–water partition coefficient (Wildman–Crippen LogP) is 1.54. The summed E-state index contributed by atoms with van der Waals surface area (Å²) in [5.74, 6) is -3.41. The molecule has 3 unspecified atom stereocenters. The van der Waals surface area contributed by atoms with E-state index in [4.69, 9.17) is 14.6 Å². The average Bonchev–Trinajstić information content (AvgIpc) is 2.42. The Kier molecular flexibility index (Phi) is 6.21. The maximum Gasteiger partial charge on any atom is 0.310 e. The molecule has 1 rings (SSSR count). The molecule has 0 aliphatic heterocycles.